The minimum absolute atomic E-state index is 0.226. The van der Waals surface area contributed by atoms with E-state index in [4.69, 9.17) is 4.74 Å². The van der Waals surface area contributed by atoms with Crippen LogP contribution in [-0.4, -0.2) is 13.7 Å². The Hall–Kier alpha value is -1.18. The summed E-state index contributed by atoms with van der Waals surface area (Å²) < 4.78 is 5.28. The van der Waals surface area contributed by atoms with E-state index in [1.807, 2.05) is 6.07 Å². The van der Waals surface area contributed by atoms with Crippen molar-refractivity contribution in [1.29, 1.82) is 0 Å². The van der Waals surface area contributed by atoms with Crippen molar-refractivity contribution < 1.29 is 4.74 Å². The van der Waals surface area contributed by atoms with E-state index in [2.05, 4.69) is 38.2 Å². The maximum Gasteiger partial charge on any atom is 0.119 e. The van der Waals surface area contributed by atoms with Crippen LogP contribution in [0.5, 0.6) is 5.75 Å². The van der Waals surface area contributed by atoms with Gasteiger partial charge in [0.15, 0.2) is 0 Å². The molecule has 0 amide bonds. The van der Waals surface area contributed by atoms with Crippen molar-refractivity contribution in [3.63, 3.8) is 0 Å². The first kappa shape index (κ1) is 10.3. The molecule has 0 radical (unpaired) electrons. The molecule has 15 heavy (non-hydrogen) atoms. The highest BCUT2D eigenvalue weighted by molar-refractivity contribution is 5.62. The third-order valence-corrected chi connectivity index (χ3v) is 3.76. The van der Waals surface area contributed by atoms with E-state index in [-0.39, 0.29) is 5.41 Å². The molecule has 0 saturated heterocycles. The van der Waals surface area contributed by atoms with Crippen LogP contribution in [0.3, 0.4) is 0 Å². The van der Waals surface area contributed by atoms with E-state index >= 15 is 0 Å². The van der Waals surface area contributed by atoms with E-state index in [9.17, 15) is 0 Å². The van der Waals surface area contributed by atoms with Crippen molar-refractivity contribution >= 4 is 5.69 Å². The molecule has 1 aliphatic rings. The summed E-state index contributed by atoms with van der Waals surface area (Å²) in [4.78, 5) is 0. The van der Waals surface area contributed by atoms with Gasteiger partial charge in [-0.3, -0.25) is 0 Å². The summed E-state index contributed by atoms with van der Waals surface area (Å²) in [6.07, 6.45) is 0. The molecule has 0 fully saturated rings. The molecule has 2 nitrogen and oxygen atoms in total. The van der Waals surface area contributed by atoms with Crippen molar-refractivity contribution in [1.82, 2.24) is 0 Å². The van der Waals surface area contributed by atoms with Gasteiger partial charge in [0.2, 0.25) is 0 Å². The van der Waals surface area contributed by atoms with Gasteiger partial charge in [0.1, 0.15) is 5.75 Å². The fourth-order valence-corrected chi connectivity index (χ4v) is 2.17. The SMILES string of the molecule is COc1ccc2c(c1)C(C)(C(C)C)CN2. The monoisotopic (exact) mass is 205 g/mol. The maximum atomic E-state index is 5.28. The van der Waals surface area contributed by atoms with Crippen LogP contribution < -0.4 is 10.1 Å². The molecule has 1 heterocycles. The lowest BCUT2D eigenvalue weighted by Crippen LogP contribution is -2.30. The number of fused-ring (bicyclic) bond motifs is 1. The summed E-state index contributed by atoms with van der Waals surface area (Å²) >= 11 is 0. The second-order valence-corrected chi connectivity index (χ2v) is 4.84. The number of ether oxygens (including phenoxy) is 1. The normalized spacial score (nSPS) is 23.8. The molecule has 0 bridgehead atoms. The Morgan fingerprint density at radius 2 is 2.13 bits per heavy atom. The largest absolute Gasteiger partial charge is 0.497 e. The van der Waals surface area contributed by atoms with Crippen LogP contribution in [0.1, 0.15) is 26.3 Å². The Morgan fingerprint density at radius 1 is 1.40 bits per heavy atom. The lowest BCUT2D eigenvalue weighted by molar-refractivity contribution is 0.367. The highest BCUT2D eigenvalue weighted by Gasteiger charge is 2.37. The van der Waals surface area contributed by atoms with E-state index in [0.29, 0.717) is 5.92 Å². The van der Waals surface area contributed by atoms with Gasteiger partial charge >= 0.3 is 0 Å². The average molecular weight is 205 g/mol. The molecular weight excluding hydrogens is 186 g/mol. The van der Waals surface area contributed by atoms with E-state index < -0.39 is 0 Å². The molecule has 1 unspecified atom stereocenters. The van der Waals surface area contributed by atoms with Gasteiger partial charge in [-0.05, 0) is 29.7 Å². The van der Waals surface area contributed by atoms with E-state index in [1.165, 1.54) is 11.3 Å². The highest BCUT2D eigenvalue weighted by atomic mass is 16.5. The Balaban J connectivity index is 2.48. The minimum atomic E-state index is 0.226. The van der Waals surface area contributed by atoms with Crippen LogP contribution in [0.4, 0.5) is 5.69 Å². The quantitative estimate of drug-likeness (QED) is 0.801. The van der Waals surface area contributed by atoms with Gasteiger partial charge in [0, 0.05) is 17.6 Å². The Morgan fingerprint density at radius 3 is 2.73 bits per heavy atom. The van der Waals surface area contributed by atoms with E-state index in [0.717, 1.165) is 12.3 Å². The highest BCUT2D eigenvalue weighted by Crippen LogP contribution is 2.43. The summed E-state index contributed by atoms with van der Waals surface area (Å²) in [5.74, 6) is 1.57. The third kappa shape index (κ3) is 1.48. The lowest BCUT2D eigenvalue weighted by atomic mass is 9.75. The zero-order valence-corrected chi connectivity index (χ0v) is 9.92. The fourth-order valence-electron chi connectivity index (χ4n) is 2.17. The van der Waals surface area contributed by atoms with Gasteiger partial charge in [0.25, 0.3) is 0 Å². The molecule has 1 atom stereocenters. The topological polar surface area (TPSA) is 21.3 Å². The molecule has 0 aliphatic carbocycles. The van der Waals surface area contributed by atoms with Gasteiger partial charge in [-0.1, -0.05) is 20.8 Å². The van der Waals surface area contributed by atoms with Crippen LogP contribution in [0, 0.1) is 5.92 Å². The molecule has 0 aromatic heterocycles. The van der Waals surface area contributed by atoms with Crippen LogP contribution in [0.15, 0.2) is 18.2 Å². The fraction of sp³-hybridized carbons (Fsp3) is 0.538. The van der Waals surface area contributed by atoms with Crippen LogP contribution in [-0.2, 0) is 5.41 Å². The number of methoxy groups -OCH3 is 1. The van der Waals surface area contributed by atoms with Crippen molar-refractivity contribution in [2.75, 3.05) is 19.0 Å². The summed E-state index contributed by atoms with van der Waals surface area (Å²) in [6.45, 7) is 7.88. The van der Waals surface area contributed by atoms with Gasteiger partial charge in [0.05, 0.1) is 7.11 Å². The number of hydrogen-bond acceptors (Lipinski definition) is 2. The maximum absolute atomic E-state index is 5.28. The Bertz CT molecular complexity index is 373. The second kappa shape index (κ2) is 3.44. The summed E-state index contributed by atoms with van der Waals surface area (Å²) in [7, 11) is 1.72. The van der Waals surface area contributed by atoms with Gasteiger partial charge < -0.3 is 10.1 Å². The predicted octanol–water partition coefficient (Wildman–Crippen LogP) is 3.03. The summed E-state index contributed by atoms with van der Waals surface area (Å²) in [5.41, 5.74) is 2.87. The molecule has 2 heteroatoms. The van der Waals surface area contributed by atoms with Crippen LogP contribution in [0.2, 0.25) is 0 Å². The van der Waals surface area contributed by atoms with Crippen LogP contribution >= 0.6 is 0 Å². The summed E-state index contributed by atoms with van der Waals surface area (Å²) in [6, 6.07) is 6.29. The first-order chi connectivity index (χ1) is 7.08. The van der Waals surface area contributed by atoms with Crippen molar-refractivity contribution in [3.05, 3.63) is 23.8 Å². The zero-order valence-electron chi connectivity index (χ0n) is 9.92. The Labute approximate surface area is 91.6 Å². The van der Waals surface area contributed by atoms with Gasteiger partial charge in [-0.2, -0.15) is 0 Å². The average Bonchev–Trinajstić information content (AvgIpc) is 2.57. The molecule has 1 aromatic carbocycles. The van der Waals surface area contributed by atoms with E-state index in [1.54, 1.807) is 7.11 Å². The number of anilines is 1. The zero-order chi connectivity index (χ0) is 11.1. The molecule has 1 N–H and O–H groups in total. The molecular formula is C13H19NO. The number of hydrogen-bond donors (Lipinski definition) is 1. The number of rotatable bonds is 2. The predicted molar refractivity (Wildman–Crippen MR) is 63.7 cm³/mol. The molecule has 0 spiro atoms. The lowest BCUT2D eigenvalue weighted by Gasteiger charge is -2.29. The van der Waals surface area contributed by atoms with Crippen LogP contribution in [0.25, 0.3) is 0 Å². The number of nitrogens with one attached hydrogen (secondary N) is 1. The van der Waals surface area contributed by atoms with Gasteiger partial charge in [-0.25, -0.2) is 0 Å². The standard InChI is InChI=1S/C13H19NO/c1-9(2)13(3)8-14-12-6-5-10(15-4)7-11(12)13/h5-7,9,14H,8H2,1-4H3. The number of benzene rings is 1. The van der Waals surface area contributed by atoms with Gasteiger partial charge in [-0.15, -0.1) is 0 Å². The summed E-state index contributed by atoms with van der Waals surface area (Å²) in [5, 5.41) is 3.47. The minimum Gasteiger partial charge on any atom is -0.497 e. The van der Waals surface area contributed by atoms with Crippen molar-refractivity contribution in [2.45, 2.75) is 26.2 Å². The van der Waals surface area contributed by atoms with Crippen molar-refractivity contribution in [3.8, 4) is 5.75 Å². The molecule has 82 valence electrons. The Kier molecular flexibility index (Phi) is 2.37. The van der Waals surface area contributed by atoms with Crippen molar-refractivity contribution in [2.24, 2.45) is 5.92 Å². The molecule has 1 aliphatic heterocycles. The first-order valence-corrected chi connectivity index (χ1v) is 5.50. The molecule has 1 aromatic rings. The second-order valence-electron chi connectivity index (χ2n) is 4.84. The smallest absolute Gasteiger partial charge is 0.119 e. The first-order valence-electron chi connectivity index (χ1n) is 5.50. The third-order valence-electron chi connectivity index (χ3n) is 3.76. The molecule has 2 rings (SSSR count). The molecule has 0 saturated carbocycles.